The van der Waals surface area contributed by atoms with E-state index < -0.39 is 16.1 Å². The minimum absolute atomic E-state index is 0.0188. The molecule has 3 aromatic rings. The molecule has 0 aliphatic heterocycles. The average Bonchev–Trinajstić information content (AvgIpc) is 2.57. The maximum atomic E-state index is 12.5. The van der Waals surface area contributed by atoms with E-state index in [2.05, 4.69) is 14.6 Å². The van der Waals surface area contributed by atoms with Gasteiger partial charge in [-0.3, -0.25) is 0 Å². The average molecular weight is 407 g/mol. The number of urea groups is 1. The highest BCUT2D eigenvalue weighted by atomic mass is 35.5. The summed E-state index contributed by atoms with van der Waals surface area (Å²) in [7, 11) is -1.54. The highest BCUT2D eigenvalue weighted by molar-refractivity contribution is 7.90. The van der Waals surface area contributed by atoms with Crippen LogP contribution in [0.2, 0.25) is 5.02 Å². The quantitative estimate of drug-likeness (QED) is 0.649. The van der Waals surface area contributed by atoms with Gasteiger partial charge in [-0.15, -0.1) is 9.24 Å². The fraction of sp³-hybridized carbons (Fsp3) is 0.0556. The Morgan fingerprint density at radius 3 is 2.42 bits per heavy atom. The van der Waals surface area contributed by atoms with Crippen LogP contribution in [0.5, 0.6) is 0 Å². The molecular weight excluding hydrogens is 391 g/mol. The van der Waals surface area contributed by atoms with Crippen LogP contribution >= 0.6 is 20.8 Å². The number of anilines is 1. The van der Waals surface area contributed by atoms with Gasteiger partial charge in [0.05, 0.1) is 10.6 Å². The van der Waals surface area contributed by atoms with Crippen LogP contribution in [0, 0.1) is 6.92 Å². The van der Waals surface area contributed by atoms with Crippen molar-refractivity contribution in [3.05, 3.63) is 65.2 Å². The van der Waals surface area contributed by atoms with Crippen LogP contribution in [-0.4, -0.2) is 14.4 Å². The van der Waals surface area contributed by atoms with Gasteiger partial charge in [-0.05, 0) is 52.8 Å². The number of nitrogens with one attached hydrogen (secondary N) is 2. The van der Waals surface area contributed by atoms with E-state index in [1.54, 1.807) is 25.1 Å². The minimum Gasteiger partial charge on any atom is -0.306 e. The highest BCUT2D eigenvalue weighted by Gasteiger charge is 2.19. The summed E-state index contributed by atoms with van der Waals surface area (Å²) >= 11 is 5.96. The third-order valence-electron chi connectivity index (χ3n) is 3.83. The van der Waals surface area contributed by atoms with E-state index in [9.17, 15) is 13.2 Å². The molecule has 3 rings (SSSR count). The molecule has 2 N–H and O–H groups in total. The monoisotopic (exact) mass is 406 g/mol. The van der Waals surface area contributed by atoms with Crippen LogP contribution in [0.1, 0.15) is 5.56 Å². The molecule has 0 saturated carbocycles. The second-order valence-electron chi connectivity index (χ2n) is 5.76. The van der Waals surface area contributed by atoms with E-state index in [-0.39, 0.29) is 4.90 Å². The first-order chi connectivity index (χ1) is 12.3. The first-order valence-electron chi connectivity index (χ1n) is 7.64. The number of benzene rings is 3. The summed E-state index contributed by atoms with van der Waals surface area (Å²) in [4.78, 5) is 12.2. The highest BCUT2D eigenvalue weighted by Crippen LogP contribution is 2.21. The van der Waals surface area contributed by atoms with Crippen LogP contribution in [0.3, 0.4) is 0 Å². The van der Waals surface area contributed by atoms with Crippen LogP contribution in [-0.2, 0) is 10.0 Å². The van der Waals surface area contributed by atoms with Crippen molar-refractivity contribution in [2.75, 3.05) is 5.32 Å². The lowest BCUT2D eigenvalue weighted by atomic mass is 10.1. The molecule has 0 aromatic heterocycles. The van der Waals surface area contributed by atoms with Gasteiger partial charge in [0.15, 0.2) is 0 Å². The topological polar surface area (TPSA) is 75.3 Å². The Morgan fingerprint density at radius 1 is 1.04 bits per heavy atom. The van der Waals surface area contributed by atoms with Gasteiger partial charge in [0.1, 0.15) is 0 Å². The molecule has 5 nitrogen and oxygen atoms in total. The minimum atomic E-state index is -4.00. The summed E-state index contributed by atoms with van der Waals surface area (Å²) in [6.45, 7) is 1.77. The Labute approximate surface area is 159 Å². The molecule has 1 atom stereocenters. The van der Waals surface area contributed by atoms with Gasteiger partial charge in [0.25, 0.3) is 10.0 Å². The second kappa shape index (κ2) is 7.23. The van der Waals surface area contributed by atoms with Crippen molar-refractivity contribution in [1.29, 1.82) is 0 Å². The maximum Gasteiger partial charge on any atom is 0.333 e. The van der Waals surface area contributed by atoms with E-state index in [0.29, 0.717) is 16.0 Å². The molecule has 2 amide bonds. The van der Waals surface area contributed by atoms with Gasteiger partial charge in [-0.2, -0.15) is 0 Å². The number of carbonyl (C=O) groups is 1. The summed E-state index contributed by atoms with van der Waals surface area (Å²) in [6.07, 6.45) is 0. The van der Waals surface area contributed by atoms with Gasteiger partial charge < -0.3 is 5.32 Å². The lowest BCUT2D eigenvalue weighted by Crippen LogP contribution is -2.35. The maximum absolute atomic E-state index is 12.5. The summed E-state index contributed by atoms with van der Waals surface area (Å²) in [5.74, 6) is 0. The first kappa shape index (κ1) is 18.6. The lowest BCUT2D eigenvalue weighted by Gasteiger charge is -2.13. The van der Waals surface area contributed by atoms with Gasteiger partial charge in [-0.1, -0.05) is 41.9 Å². The van der Waals surface area contributed by atoms with Gasteiger partial charge in [0, 0.05) is 5.02 Å². The predicted octanol–water partition coefficient (Wildman–Crippen LogP) is 3.81. The van der Waals surface area contributed by atoms with E-state index in [1.165, 1.54) is 12.1 Å². The Kier molecular flexibility index (Phi) is 5.19. The second-order valence-corrected chi connectivity index (χ2v) is 8.50. The number of carbonyl (C=O) groups excluding carboxylic acids is 1. The van der Waals surface area contributed by atoms with Crippen molar-refractivity contribution in [2.24, 2.45) is 0 Å². The molecular formula is C18H16ClN2O3PS. The number of rotatable bonds is 3. The number of hydrogen-bond acceptors (Lipinski definition) is 3. The number of hydrogen-bond donors (Lipinski definition) is 2. The molecule has 0 bridgehead atoms. The first-order valence-corrected chi connectivity index (χ1v) is 10.1. The van der Waals surface area contributed by atoms with E-state index in [4.69, 9.17) is 11.6 Å². The molecule has 26 heavy (non-hydrogen) atoms. The third kappa shape index (κ3) is 3.98. The standard InChI is InChI=1S/C18H16ClN2O3PS/c1-11-8-14(19)10-16(25)17(11)20-18(22)21-26(23,24)15-7-6-12-4-2-3-5-13(12)9-15/h2-10H,25H2,1H3,(H2,20,21,22). The van der Waals surface area contributed by atoms with Crippen LogP contribution < -0.4 is 15.3 Å². The zero-order valence-electron chi connectivity index (χ0n) is 13.8. The van der Waals surface area contributed by atoms with E-state index in [0.717, 1.165) is 16.3 Å². The van der Waals surface area contributed by atoms with Crippen molar-refractivity contribution in [3.63, 3.8) is 0 Å². The number of halogens is 1. The van der Waals surface area contributed by atoms with Crippen molar-refractivity contribution < 1.29 is 13.2 Å². The molecule has 134 valence electrons. The fourth-order valence-electron chi connectivity index (χ4n) is 2.59. The van der Waals surface area contributed by atoms with E-state index in [1.807, 2.05) is 29.0 Å². The van der Waals surface area contributed by atoms with E-state index >= 15 is 0 Å². The van der Waals surface area contributed by atoms with Gasteiger partial charge in [-0.25, -0.2) is 17.9 Å². The lowest BCUT2D eigenvalue weighted by molar-refractivity contribution is 0.256. The number of fused-ring (bicyclic) bond motifs is 1. The molecule has 0 radical (unpaired) electrons. The summed E-state index contributed by atoms with van der Waals surface area (Å²) < 4.78 is 27.0. The normalized spacial score (nSPS) is 11.3. The van der Waals surface area contributed by atoms with Crippen LogP contribution in [0.4, 0.5) is 10.5 Å². The number of sulfonamides is 1. The molecule has 3 aromatic carbocycles. The Morgan fingerprint density at radius 2 is 1.73 bits per heavy atom. The Hall–Kier alpha value is -2.14. The SMILES string of the molecule is Cc1cc(Cl)cc(P)c1NC(=O)NS(=O)(=O)c1ccc2ccccc2c1. The number of aryl methyl sites for hydroxylation is 1. The van der Waals surface area contributed by atoms with Crippen molar-refractivity contribution in [2.45, 2.75) is 11.8 Å². The molecule has 0 aliphatic rings. The number of amides is 2. The molecule has 0 heterocycles. The predicted molar refractivity (Wildman–Crippen MR) is 109 cm³/mol. The smallest absolute Gasteiger partial charge is 0.306 e. The van der Waals surface area contributed by atoms with Crippen LogP contribution in [0.25, 0.3) is 10.8 Å². The summed E-state index contributed by atoms with van der Waals surface area (Å²) in [6, 6.07) is 14.6. The Balaban J connectivity index is 1.83. The largest absolute Gasteiger partial charge is 0.333 e. The molecule has 0 aliphatic carbocycles. The molecule has 1 unspecified atom stereocenters. The van der Waals surface area contributed by atoms with Crippen molar-refractivity contribution in [3.8, 4) is 0 Å². The van der Waals surface area contributed by atoms with Gasteiger partial charge in [0.2, 0.25) is 0 Å². The Bertz CT molecular complexity index is 1090. The fourth-order valence-corrected chi connectivity index (χ4v) is 4.40. The third-order valence-corrected chi connectivity index (χ3v) is 5.83. The molecule has 0 spiro atoms. The van der Waals surface area contributed by atoms with Crippen molar-refractivity contribution in [1.82, 2.24) is 4.72 Å². The zero-order valence-corrected chi connectivity index (χ0v) is 16.5. The summed E-state index contributed by atoms with van der Waals surface area (Å²) in [5.41, 5.74) is 1.21. The molecule has 0 fully saturated rings. The summed E-state index contributed by atoms with van der Waals surface area (Å²) in [5, 5.41) is 5.44. The van der Waals surface area contributed by atoms with Gasteiger partial charge >= 0.3 is 6.03 Å². The van der Waals surface area contributed by atoms with Crippen molar-refractivity contribution >= 4 is 58.7 Å². The zero-order chi connectivity index (χ0) is 18.9. The van der Waals surface area contributed by atoms with Crippen LogP contribution in [0.15, 0.2) is 59.5 Å². The molecule has 0 saturated heterocycles. The molecule has 8 heteroatoms.